The minimum absolute atomic E-state index is 0. The quantitative estimate of drug-likeness (QED) is 0.296. The molecule has 1 heterocycles. The van der Waals surface area contributed by atoms with Crippen molar-refractivity contribution in [1.82, 2.24) is 0 Å². The van der Waals surface area contributed by atoms with Crippen LogP contribution in [0.4, 0.5) is 0 Å². The van der Waals surface area contributed by atoms with Crippen LogP contribution in [0.15, 0.2) is 51.7 Å². The Kier molecular flexibility index (Phi) is 11.4. The standard InChI is InChI=1S/C21H18O10.2Na/c1-28-17-7-12(5-6-13(17)20(24)25)29-9-11(22)10-30-15-3-2-4-16-19(15)14(23)8-18(31-16)21(26)27;;/h2-8,11,22H,9-10H2,1H3,(H,24,25)(H,26,27);;/q;2*+1/p-2. The van der Waals surface area contributed by atoms with E-state index in [1.807, 2.05) is 0 Å². The Morgan fingerprint density at radius 3 is 2.33 bits per heavy atom. The average Bonchev–Trinajstić information content (AvgIpc) is 2.75. The van der Waals surface area contributed by atoms with Crippen molar-refractivity contribution in [2.24, 2.45) is 0 Å². The molecule has 0 radical (unpaired) electrons. The third-order valence-electron chi connectivity index (χ3n) is 4.18. The molecule has 0 bridgehead atoms. The fourth-order valence-corrected chi connectivity index (χ4v) is 2.76. The molecule has 12 heteroatoms. The number of aliphatic hydroxyl groups is 1. The number of carbonyl (C=O) groups excluding carboxylic acids is 2. The zero-order valence-corrected chi connectivity index (χ0v) is 22.2. The van der Waals surface area contributed by atoms with Gasteiger partial charge in [-0.1, -0.05) is 6.07 Å². The summed E-state index contributed by atoms with van der Waals surface area (Å²) in [7, 11) is 1.30. The van der Waals surface area contributed by atoms with E-state index in [0.717, 1.165) is 6.07 Å². The van der Waals surface area contributed by atoms with Gasteiger partial charge in [-0.3, -0.25) is 4.79 Å². The molecule has 1 N–H and O–H groups in total. The van der Waals surface area contributed by atoms with Gasteiger partial charge >= 0.3 is 59.1 Å². The Morgan fingerprint density at radius 1 is 1.00 bits per heavy atom. The van der Waals surface area contributed by atoms with Crippen molar-refractivity contribution in [3.05, 3.63) is 64.0 Å². The second-order valence-corrected chi connectivity index (χ2v) is 6.32. The molecular formula is C21H16Na2O10. The summed E-state index contributed by atoms with van der Waals surface area (Å²) in [5.74, 6) is -3.24. The van der Waals surface area contributed by atoms with Crippen molar-refractivity contribution < 1.29 is 103 Å². The maximum absolute atomic E-state index is 12.2. The zero-order chi connectivity index (χ0) is 22.5. The molecule has 0 saturated carbocycles. The van der Waals surface area contributed by atoms with Gasteiger partial charge in [0.15, 0.2) is 11.2 Å². The van der Waals surface area contributed by atoms with Crippen LogP contribution in [0, 0.1) is 0 Å². The number of hydrogen-bond acceptors (Lipinski definition) is 10. The summed E-state index contributed by atoms with van der Waals surface area (Å²) in [6.07, 6.45) is -1.11. The Morgan fingerprint density at radius 2 is 1.70 bits per heavy atom. The Balaban J connectivity index is 0.00000272. The molecule has 1 unspecified atom stereocenters. The molecule has 2 aromatic carbocycles. The number of methoxy groups -OCH3 is 1. The number of carboxylic acids is 2. The Labute approximate surface area is 231 Å². The maximum Gasteiger partial charge on any atom is 1.00 e. The first kappa shape index (κ1) is 29.0. The molecule has 10 nitrogen and oxygen atoms in total. The summed E-state index contributed by atoms with van der Waals surface area (Å²) in [6.45, 7) is -0.461. The number of hydrogen-bond donors (Lipinski definition) is 1. The normalized spacial score (nSPS) is 11.0. The molecule has 0 aliphatic heterocycles. The molecule has 0 aliphatic rings. The second-order valence-electron chi connectivity index (χ2n) is 6.32. The van der Waals surface area contributed by atoms with E-state index >= 15 is 0 Å². The van der Waals surface area contributed by atoms with Crippen LogP contribution in [-0.2, 0) is 0 Å². The van der Waals surface area contributed by atoms with Crippen LogP contribution in [0.2, 0.25) is 0 Å². The molecule has 33 heavy (non-hydrogen) atoms. The number of carbonyl (C=O) groups is 2. The number of aromatic carboxylic acids is 2. The van der Waals surface area contributed by atoms with Gasteiger partial charge in [0.25, 0.3) is 0 Å². The van der Waals surface area contributed by atoms with Gasteiger partial charge < -0.3 is 43.5 Å². The van der Waals surface area contributed by atoms with E-state index in [2.05, 4.69) is 0 Å². The predicted octanol–water partition coefficient (Wildman–Crippen LogP) is -6.64. The first-order valence-electron chi connectivity index (χ1n) is 8.91. The van der Waals surface area contributed by atoms with E-state index in [4.69, 9.17) is 18.6 Å². The number of aliphatic hydroxyl groups excluding tert-OH is 1. The largest absolute Gasteiger partial charge is 1.00 e. The number of ether oxygens (including phenoxy) is 3. The molecule has 0 saturated heterocycles. The molecule has 3 aromatic rings. The minimum atomic E-state index is -1.62. The Hall–Kier alpha value is -2.05. The average molecular weight is 474 g/mol. The molecule has 3 rings (SSSR count). The van der Waals surface area contributed by atoms with E-state index in [-0.39, 0.29) is 106 Å². The predicted molar refractivity (Wildman–Crippen MR) is 101 cm³/mol. The first-order chi connectivity index (χ1) is 14.8. The number of fused-ring (bicyclic) bond motifs is 1. The molecule has 1 aromatic heterocycles. The first-order valence-corrected chi connectivity index (χ1v) is 8.91. The fraction of sp³-hybridized carbons (Fsp3) is 0.190. The smallest absolute Gasteiger partial charge is 0.545 e. The van der Waals surface area contributed by atoms with Gasteiger partial charge in [-0.15, -0.1) is 0 Å². The molecular weight excluding hydrogens is 458 g/mol. The summed E-state index contributed by atoms with van der Waals surface area (Å²) in [5.41, 5.74) is -0.785. The molecule has 1 atom stereocenters. The van der Waals surface area contributed by atoms with Gasteiger partial charge in [0, 0.05) is 17.7 Å². The van der Waals surface area contributed by atoms with Crippen LogP contribution in [0.25, 0.3) is 11.0 Å². The van der Waals surface area contributed by atoms with Gasteiger partial charge in [-0.2, -0.15) is 0 Å². The summed E-state index contributed by atoms with van der Waals surface area (Å²) in [6, 6.07) is 9.12. The summed E-state index contributed by atoms with van der Waals surface area (Å²) < 4.78 is 21.0. The van der Waals surface area contributed by atoms with E-state index in [0.29, 0.717) is 0 Å². The van der Waals surface area contributed by atoms with Crippen LogP contribution in [-0.4, -0.2) is 43.5 Å². The monoisotopic (exact) mass is 474 g/mol. The van der Waals surface area contributed by atoms with Crippen molar-refractivity contribution in [2.45, 2.75) is 6.10 Å². The van der Waals surface area contributed by atoms with Gasteiger partial charge in [-0.05, 0) is 24.3 Å². The van der Waals surface area contributed by atoms with Gasteiger partial charge in [0.05, 0.1) is 13.1 Å². The number of carboxylic acid groups (broad SMARTS) is 2. The maximum atomic E-state index is 12.2. The molecule has 0 fully saturated rings. The van der Waals surface area contributed by atoms with Gasteiger partial charge in [0.2, 0.25) is 0 Å². The second kappa shape index (κ2) is 13.0. The third-order valence-corrected chi connectivity index (χ3v) is 4.18. The van der Waals surface area contributed by atoms with Crippen molar-refractivity contribution >= 4 is 22.9 Å². The number of benzene rings is 2. The molecule has 0 aliphatic carbocycles. The van der Waals surface area contributed by atoms with Crippen LogP contribution in [0.3, 0.4) is 0 Å². The van der Waals surface area contributed by atoms with Crippen molar-refractivity contribution in [1.29, 1.82) is 0 Å². The van der Waals surface area contributed by atoms with Crippen molar-refractivity contribution in [3.8, 4) is 17.2 Å². The summed E-state index contributed by atoms with van der Waals surface area (Å²) in [5, 5.41) is 32.1. The topological polar surface area (TPSA) is 158 Å². The van der Waals surface area contributed by atoms with Crippen LogP contribution in [0.5, 0.6) is 17.2 Å². The number of rotatable bonds is 9. The molecule has 0 spiro atoms. The fourth-order valence-electron chi connectivity index (χ4n) is 2.76. The van der Waals surface area contributed by atoms with E-state index in [1.54, 1.807) is 0 Å². The zero-order valence-electron chi connectivity index (χ0n) is 18.2. The van der Waals surface area contributed by atoms with Crippen molar-refractivity contribution in [3.63, 3.8) is 0 Å². The Bertz CT molecular complexity index is 1190. The van der Waals surface area contributed by atoms with Crippen LogP contribution in [0.1, 0.15) is 20.9 Å². The third kappa shape index (κ3) is 7.21. The van der Waals surface area contributed by atoms with Crippen LogP contribution >= 0.6 is 0 Å². The summed E-state index contributed by atoms with van der Waals surface area (Å²) >= 11 is 0. The van der Waals surface area contributed by atoms with E-state index < -0.39 is 29.2 Å². The van der Waals surface area contributed by atoms with Crippen LogP contribution < -0.4 is 89.0 Å². The van der Waals surface area contributed by atoms with Gasteiger partial charge in [0.1, 0.15) is 53.5 Å². The van der Waals surface area contributed by atoms with E-state index in [9.17, 15) is 29.7 Å². The van der Waals surface area contributed by atoms with Crippen molar-refractivity contribution in [2.75, 3.05) is 20.3 Å². The summed E-state index contributed by atoms with van der Waals surface area (Å²) in [4.78, 5) is 34.2. The minimum Gasteiger partial charge on any atom is -0.545 e. The van der Waals surface area contributed by atoms with Gasteiger partial charge in [-0.25, -0.2) is 0 Å². The SMILES string of the molecule is COc1cc(OCC(O)COc2cccc3oc(C(=O)[O-])cc(=O)c23)ccc1C(=O)[O-].[Na+].[Na+]. The molecule has 0 amide bonds. The molecule has 162 valence electrons. The van der Waals surface area contributed by atoms with E-state index in [1.165, 1.54) is 43.5 Å².